The van der Waals surface area contributed by atoms with Crippen molar-refractivity contribution in [3.8, 4) is 0 Å². The van der Waals surface area contributed by atoms with E-state index in [0.29, 0.717) is 12.1 Å². The molecule has 0 amide bonds. The largest absolute Gasteiger partial charge is 0.265 e. The van der Waals surface area contributed by atoms with E-state index < -0.39 is 15.7 Å². The van der Waals surface area contributed by atoms with Gasteiger partial charge in [-0.15, -0.1) is 0 Å². The van der Waals surface area contributed by atoms with Gasteiger partial charge in [0.25, 0.3) is 0 Å². The first-order valence-corrected chi connectivity index (χ1v) is 9.60. The van der Waals surface area contributed by atoms with Crippen molar-refractivity contribution in [2.45, 2.75) is 37.9 Å². The SMILES string of the molecule is CC(C)(C)[S@@](=O)/N=C(/CC(C[N+](=O)[O-])c1ccccc1)c1ccccc1. The molecule has 2 aromatic rings. The van der Waals surface area contributed by atoms with Crippen molar-refractivity contribution in [3.05, 3.63) is 81.9 Å². The summed E-state index contributed by atoms with van der Waals surface area (Å²) in [6.07, 6.45) is 0.358. The van der Waals surface area contributed by atoms with Crippen molar-refractivity contribution >= 4 is 16.7 Å². The third-order valence-corrected chi connectivity index (χ3v) is 5.34. The molecule has 0 aromatic heterocycles. The summed E-state index contributed by atoms with van der Waals surface area (Å²) in [5, 5.41) is 11.2. The molecule has 5 nitrogen and oxygen atoms in total. The van der Waals surface area contributed by atoms with Crippen LogP contribution in [0.1, 0.15) is 44.2 Å². The van der Waals surface area contributed by atoms with Crippen molar-refractivity contribution in [2.75, 3.05) is 6.54 Å². The van der Waals surface area contributed by atoms with Gasteiger partial charge in [-0.3, -0.25) is 10.1 Å². The van der Waals surface area contributed by atoms with Gasteiger partial charge in [-0.1, -0.05) is 60.7 Å². The molecule has 0 aliphatic rings. The minimum atomic E-state index is -1.44. The van der Waals surface area contributed by atoms with Crippen LogP contribution in [0.25, 0.3) is 0 Å². The van der Waals surface area contributed by atoms with E-state index in [4.69, 9.17) is 0 Å². The molecule has 2 aromatic carbocycles. The molecule has 138 valence electrons. The molecule has 0 saturated heterocycles. The number of hydrogen-bond donors (Lipinski definition) is 0. The number of nitro groups is 1. The van der Waals surface area contributed by atoms with Gasteiger partial charge >= 0.3 is 0 Å². The Morgan fingerprint density at radius 1 is 1.08 bits per heavy atom. The normalized spacial score (nSPS) is 14.7. The maximum atomic E-state index is 12.6. The maximum absolute atomic E-state index is 12.6. The van der Waals surface area contributed by atoms with Gasteiger partial charge in [0, 0.05) is 11.3 Å². The zero-order valence-electron chi connectivity index (χ0n) is 15.3. The molecular formula is C20H24N2O3S. The fraction of sp³-hybridized carbons (Fsp3) is 0.350. The van der Waals surface area contributed by atoms with Crippen LogP contribution in [-0.2, 0) is 11.0 Å². The summed E-state index contributed by atoms with van der Waals surface area (Å²) in [5.74, 6) is -0.331. The second-order valence-electron chi connectivity index (χ2n) is 7.09. The fourth-order valence-corrected chi connectivity index (χ4v) is 3.16. The molecule has 0 saturated carbocycles. The summed E-state index contributed by atoms with van der Waals surface area (Å²) < 4.78 is 16.5. The lowest BCUT2D eigenvalue weighted by Crippen LogP contribution is -2.23. The lowest BCUT2D eigenvalue weighted by molar-refractivity contribution is -0.483. The molecule has 26 heavy (non-hydrogen) atoms. The quantitative estimate of drug-likeness (QED) is 0.411. The van der Waals surface area contributed by atoms with E-state index in [1.807, 2.05) is 81.4 Å². The van der Waals surface area contributed by atoms with Crippen LogP contribution in [-0.4, -0.2) is 26.1 Å². The van der Waals surface area contributed by atoms with Crippen LogP contribution in [0.4, 0.5) is 0 Å². The Hall–Kier alpha value is -2.34. The monoisotopic (exact) mass is 372 g/mol. The van der Waals surface area contributed by atoms with Gasteiger partial charge in [-0.2, -0.15) is 4.40 Å². The highest BCUT2D eigenvalue weighted by Crippen LogP contribution is 2.24. The highest BCUT2D eigenvalue weighted by molar-refractivity contribution is 7.85. The number of rotatable bonds is 7. The molecule has 6 heteroatoms. The van der Waals surface area contributed by atoms with Gasteiger partial charge in [0.2, 0.25) is 6.54 Å². The summed E-state index contributed by atoms with van der Waals surface area (Å²) in [6.45, 7) is 5.39. The van der Waals surface area contributed by atoms with Gasteiger partial charge in [0.05, 0.1) is 16.4 Å². The summed E-state index contributed by atoms with van der Waals surface area (Å²) in [6, 6.07) is 18.9. The minimum absolute atomic E-state index is 0.196. The Kier molecular flexibility index (Phi) is 6.80. The van der Waals surface area contributed by atoms with Crippen LogP contribution in [0.2, 0.25) is 0 Å². The average molecular weight is 372 g/mol. The van der Waals surface area contributed by atoms with E-state index in [9.17, 15) is 14.3 Å². The molecule has 0 spiro atoms. The fourth-order valence-electron chi connectivity index (χ4n) is 2.50. The van der Waals surface area contributed by atoms with Gasteiger partial charge in [0.15, 0.2) is 0 Å². The van der Waals surface area contributed by atoms with Crippen molar-refractivity contribution in [3.63, 3.8) is 0 Å². The highest BCUT2D eigenvalue weighted by atomic mass is 32.2. The Morgan fingerprint density at radius 2 is 1.62 bits per heavy atom. The third-order valence-electron chi connectivity index (χ3n) is 3.90. The standard InChI is InChI=1S/C20H24N2O3S/c1-20(2,3)26(25)21-19(17-12-8-5-9-13-17)14-18(15-22(23)24)16-10-6-4-7-11-16/h4-13,18H,14-15H2,1-3H3/b21-19-/t18?,26-/m1/s1. The van der Waals surface area contributed by atoms with Crippen LogP contribution in [0, 0.1) is 10.1 Å². The van der Waals surface area contributed by atoms with Crippen LogP contribution in [0.15, 0.2) is 65.1 Å². The summed E-state index contributed by atoms with van der Waals surface area (Å²) in [7, 11) is -1.44. The second kappa shape index (κ2) is 8.85. The molecule has 0 radical (unpaired) electrons. The second-order valence-corrected chi connectivity index (χ2v) is 9.00. The van der Waals surface area contributed by atoms with Crippen LogP contribution in [0.5, 0.6) is 0 Å². The Balaban J connectivity index is 2.42. The lowest BCUT2D eigenvalue weighted by Gasteiger charge is -2.18. The van der Waals surface area contributed by atoms with E-state index in [-0.39, 0.29) is 17.4 Å². The maximum Gasteiger partial charge on any atom is 0.211 e. The van der Waals surface area contributed by atoms with Crippen molar-refractivity contribution in [2.24, 2.45) is 4.40 Å². The van der Waals surface area contributed by atoms with Crippen LogP contribution >= 0.6 is 0 Å². The number of nitrogens with zero attached hydrogens (tertiary/aromatic N) is 2. The number of benzene rings is 2. The molecule has 0 aliphatic heterocycles. The van der Waals surface area contributed by atoms with Crippen molar-refractivity contribution in [1.82, 2.24) is 0 Å². The Labute approximate surface area is 156 Å². The zero-order valence-corrected chi connectivity index (χ0v) is 16.1. The van der Waals surface area contributed by atoms with E-state index in [1.165, 1.54) is 0 Å². The molecular weight excluding hydrogens is 348 g/mol. The zero-order chi connectivity index (χ0) is 19.2. The summed E-state index contributed by atoms with van der Waals surface area (Å²) in [5.41, 5.74) is 2.36. The van der Waals surface area contributed by atoms with Gasteiger partial charge in [-0.05, 0) is 31.9 Å². The predicted octanol–water partition coefficient (Wildman–Crippen LogP) is 4.39. The first-order valence-electron chi connectivity index (χ1n) is 8.49. The van der Waals surface area contributed by atoms with E-state index in [1.54, 1.807) is 0 Å². The Morgan fingerprint density at radius 3 is 2.12 bits per heavy atom. The molecule has 2 rings (SSSR count). The van der Waals surface area contributed by atoms with E-state index >= 15 is 0 Å². The molecule has 0 aliphatic carbocycles. The topological polar surface area (TPSA) is 72.6 Å². The summed E-state index contributed by atoms with van der Waals surface area (Å²) >= 11 is 0. The number of hydrogen-bond acceptors (Lipinski definition) is 3. The van der Waals surface area contributed by atoms with E-state index in [2.05, 4.69) is 4.40 Å². The third kappa shape index (κ3) is 5.88. The Bertz CT molecular complexity index is 784. The summed E-state index contributed by atoms with van der Waals surface area (Å²) in [4.78, 5) is 10.9. The first-order chi connectivity index (χ1) is 12.3. The highest BCUT2D eigenvalue weighted by Gasteiger charge is 2.24. The average Bonchev–Trinajstić information content (AvgIpc) is 2.60. The van der Waals surface area contributed by atoms with Crippen molar-refractivity contribution in [1.29, 1.82) is 0 Å². The molecule has 0 bridgehead atoms. The smallest absolute Gasteiger partial charge is 0.211 e. The van der Waals surface area contributed by atoms with Crippen LogP contribution < -0.4 is 0 Å². The molecule has 0 heterocycles. The predicted molar refractivity (Wildman–Crippen MR) is 107 cm³/mol. The van der Waals surface area contributed by atoms with Gasteiger partial charge in [0.1, 0.15) is 11.0 Å². The molecule has 0 N–H and O–H groups in total. The van der Waals surface area contributed by atoms with E-state index in [0.717, 1.165) is 11.1 Å². The first kappa shape index (κ1) is 20.0. The van der Waals surface area contributed by atoms with Crippen molar-refractivity contribution < 1.29 is 9.13 Å². The molecule has 2 atom stereocenters. The molecule has 1 unspecified atom stereocenters. The lowest BCUT2D eigenvalue weighted by atomic mass is 9.91. The van der Waals surface area contributed by atoms with Gasteiger partial charge in [-0.25, -0.2) is 4.21 Å². The van der Waals surface area contributed by atoms with Gasteiger partial charge < -0.3 is 0 Å². The molecule has 0 fully saturated rings. The minimum Gasteiger partial charge on any atom is -0.265 e. The van der Waals surface area contributed by atoms with Crippen LogP contribution in [0.3, 0.4) is 0 Å².